The maximum atomic E-state index is 11.5. The molecule has 1 aliphatic rings. The molecule has 1 heterocycles. The Balaban J connectivity index is 2.14. The van der Waals surface area contributed by atoms with E-state index in [-0.39, 0.29) is 31.9 Å². The van der Waals surface area contributed by atoms with Crippen LogP contribution in [0.4, 0.5) is 0 Å². The van der Waals surface area contributed by atoms with Gasteiger partial charge in [0.2, 0.25) is 5.91 Å². The van der Waals surface area contributed by atoms with Crippen LogP contribution in [-0.4, -0.2) is 76.2 Å². The summed E-state index contributed by atoms with van der Waals surface area (Å²) in [4.78, 5) is 21.8. The number of amides is 1. The lowest BCUT2D eigenvalue weighted by molar-refractivity contribution is -0.292. The van der Waals surface area contributed by atoms with Gasteiger partial charge in [0.1, 0.15) is 18.3 Å². The number of aliphatic hydroxyl groups is 3. The van der Waals surface area contributed by atoms with Gasteiger partial charge >= 0.3 is 5.97 Å². The number of carboxylic acids is 1. The predicted octanol–water partition coefficient (Wildman–Crippen LogP) is -1.41. The van der Waals surface area contributed by atoms with E-state index in [4.69, 9.17) is 14.6 Å². The van der Waals surface area contributed by atoms with Crippen LogP contribution in [0.2, 0.25) is 0 Å². The molecular weight excluding hydrogens is 310 g/mol. The molecule has 0 saturated carbocycles. The minimum absolute atomic E-state index is 0.0413. The van der Waals surface area contributed by atoms with E-state index in [0.717, 1.165) is 0 Å². The largest absolute Gasteiger partial charge is 0.481 e. The molecule has 0 aromatic heterocycles. The number of unbranched alkanes of at least 4 members (excludes halogenated alkanes) is 1. The zero-order valence-electron chi connectivity index (χ0n) is 13.1. The molecule has 1 saturated heterocycles. The van der Waals surface area contributed by atoms with Gasteiger partial charge in [-0.05, 0) is 19.8 Å². The Hall–Kier alpha value is -1.26. The van der Waals surface area contributed by atoms with Crippen LogP contribution < -0.4 is 5.32 Å². The molecule has 134 valence electrons. The van der Waals surface area contributed by atoms with Gasteiger partial charge in [-0.3, -0.25) is 9.59 Å². The number of hydrogen-bond donors (Lipinski definition) is 5. The van der Waals surface area contributed by atoms with Crippen LogP contribution in [0.5, 0.6) is 0 Å². The monoisotopic (exact) mass is 335 g/mol. The van der Waals surface area contributed by atoms with E-state index in [0.29, 0.717) is 12.8 Å². The van der Waals surface area contributed by atoms with E-state index in [1.165, 1.54) is 0 Å². The van der Waals surface area contributed by atoms with E-state index in [1.54, 1.807) is 6.92 Å². The van der Waals surface area contributed by atoms with Crippen LogP contribution in [0.25, 0.3) is 0 Å². The number of ether oxygens (including phenoxy) is 2. The average molecular weight is 335 g/mol. The first kappa shape index (κ1) is 19.8. The minimum Gasteiger partial charge on any atom is -0.481 e. The Morgan fingerprint density at radius 1 is 1.09 bits per heavy atom. The van der Waals surface area contributed by atoms with Gasteiger partial charge in [0.15, 0.2) is 6.29 Å². The van der Waals surface area contributed by atoms with Crippen molar-refractivity contribution in [2.45, 2.75) is 63.3 Å². The number of carboxylic acid groups (broad SMARTS) is 1. The second kappa shape index (κ2) is 9.78. The lowest BCUT2D eigenvalue weighted by Gasteiger charge is -2.38. The zero-order valence-corrected chi connectivity index (χ0v) is 13.1. The van der Waals surface area contributed by atoms with Crippen molar-refractivity contribution in [2.75, 3.05) is 13.2 Å². The molecule has 5 atom stereocenters. The van der Waals surface area contributed by atoms with E-state index in [1.807, 2.05) is 0 Å². The van der Waals surface area contributed by atoms with Crippen molar-refractivity contribution in [3.63, 3.8) is 0 Å². The fourth-order valence-electron chi connectivity index (χ4n) is 2.17. The van der Waals surface area contributed by atoms with E-state index in [2.05, 4.69) is 5.32 Å². The summed E-state index contributed by atoms with van der Waals surface area (Å²) in [6, 6.07) is 0. The number of rotatable bonds is 9. The van der Waals surface area contributed by atoms with Crippen molar-refractivity contribution in [2.24, 2.45) is 0 Å². The molecule has 1 aliphatic heterocycles. The van der Waals surface area contributed by atoms with E-state index in [9.17, 15) is 24.9 Å². The summed E-state index contributed by atoms with van der Waals surface area (Å²) in [7, 11) is 0. The number of aliphatic hydroxyl groups excluding tert-OH is 3. The highest BCUT2D eigenvalue weighted by molar-refractivity contribution is 5.75. The first-order valence-corrected chi connectivity index (χ1v) is 7.62. The molecule has 0 radical (unpaired) electrons. The molecule has 1 amide bonds. The third-order valence-corrected chi connectivity index (χ3v) is 3.56. The van der Waals surface area contributed by atoms with Gasteiger partial charge in [0.25, 0.3) is 0 Å². The Morgan fingerprint density at radius 2 is 1.74 bits per heavy atom. The van der Waals surface area contributed by atoms with Crippen LogP contribution in [0.15, 0.2) is 0 Å². The Labute approximate surface area is 134 Å². The fraction of sp³-hybridized carbons (Fsp3) is 0.857. The number of aliphatic carboxylic acids is 1. The van der Waals surface area contributed by atoms with Crippen molar-refractivity contribution in [3.8, 4) is 0 Å². The summed E-state index contributed by atoms with van der Waals surface area (Å²) in [6.07, 6.45) is -4.45. The van der Waals surface area contributed by atoms with Crippen molar-refractivity contribution in [3.05, 3.63) is 0 Å². The highest BCUT2D eigenvalue weighted by atomic mass is 16.7. The minimum atomic E-state index is -1.37. The number of nitrogens with one attached hydrogen (secondary N) is 1. The third kappa shape index (κ3) is 6.80. The number of carbonyl (C=O) groups is 2. The van der Waals surface area contributed by atoms with Gasteiger partial charge in [-0.2, -0.15) is 0 Å². The molecule has 9 nitrogen and oxygen atoms in total. The third-order valence-electron chi connectivity index (χ3n) is 3.56. The van der Waals surface area contributed by atoms with Gasteiger partial charge in [-0.25, -0.2) is 0 Å². The lowest BCUT2D eigenvalue weighted by atomic mass is 10.0. The Morgan fingerprint density at radius 3 is 2.39 bits per heavy atom. The molecule has 0 unspecified atom stereocenters. The molecule has 0 aromatic rings. The first-order valence-electron chi connectivity index (χ1n) is 7.62. The summed E-state index contributed by atoms with van der Waals surface area (Å²) in [5.41, 5.74) is 0. The second-order valence-electron chi connectivity index (χ2n) is 5.50. The fourth-order valence-corrected chi connectivity index (χ4v) is 2.17. The smallest absolute Gasteiger partial charge is 0.303 e. The molecule has 1 fully saturated rings. The SMILES string of the molecule is C[C@@H]1O[C@@H](OCCNC(=O)CCCCC(=O)O)[C@@H](O)[C@H](O)[C@@H]1O. The molecule has 0 spiro atoms. The highest BCUT2D eigenvalue weighted by Gasteiger charge is 2.42. The standard InChI is InChI=1S/C14H25NO8/c1-8-11(19)12(20)13(21)14(23-8)22-7-6-15-9(16)4-2-3-5-10(17)18/h8,11-14,19-21H,2-7H2,1H3,(H,15,16)(H,17,18)/t8-,11+,12+,13-,14+/m0/s1. The molecule has 9 heteroatoms. The van der Waals surface area contributed by atoms with Crippen LogP contribution in [-0.2, 0) is 19.1 Å². The summed E-state index contributed by atoms with van der Waals surface area (Å²) < 4.78 is 10.5. The zero-order chi connectivity index (χ0) is 17.4. The molecule has 23 heavy (non-hydrogen) atoms. The summed E-state index contributed by atoms with van der Waals surface area (Å²) in [5, 5.41) is 39.9. The molecule has 1 rings (SSSR count). The molecule has 0 aliphatic carbocycles. The van der Waals surface area contributed by atoms with Gasteiger partial charge in [-0.1, -0.05) is 0 Å². The average Bonchev–Trinajstić information content (AvgIpc) is 2.50. The molecular formula is C14H25NO8. The van der Waals surface area contributed by atoms with Crippen LogP contribution in [0.3, 0.4) is 0 Å². The summed E-state index contributed by atoms with van der Waals surface area (Å²) in [5.74, 6) is -1.10. The summed E-state index contributed by atoms with van der Waals surface area (Å²) in [6.45, 7) is 1.81. The second-order valence-corrected chi connectivity index (χ2v) is 5.50. The topological polar surface area (TPSA) is 146 Å². The van der Waals surface area contributed by atoms with Gasteiger partial charge in [0.05, 0.1) is 12.7 Å². The summed E-state index contributed by atoms with van der Waals surface area (Å²) >= 11 is 0. The van der Waals surface area contributed by atoms with E-state index < -0.39 is 36.7 Å². The first-order chi connectivity index (χ1) is 10.8. The van der Waals surface area contributed by atoms with Crippen molar-refractivity contribution < 1.29 is 39.5 Å². The van der Waals surface area contributed by atoms with Crippen LogP contribution in [0.1, 0.15) is 32.6 Å². The van der Waals surface area contributed by atoms with E-state index >= 15 is 0 Å². The maximum absolute atomic E-state index is 11.5. The predicted molar refractivity (Wildman–Crippen MR) is 77.4 cm³/mol. The van der Waals surface area contributed by atoms with Crippen molar-refractivity contribution >= 4 is 11.9 Å². The quantitative estimate of drug-likeness (QED) is 0.323. The lowest BCUT2D eigenvalue weighted by Crippen LogP contribution is -2.57. The Bertz CT molecular complexity index is 391. The van der Waals surface area contributed by atoms with Gasteiger partial charge < -0.3 is 35.2 Å². The van der Waals surface area contributed by atoms with Gasteiger partial charge in [-0.15, -0.1) is 0 Å². The van der Waals surface area contributed by atoms with Crippen molar-refractivity contribution in [1.82, 2.24) is 5.32 Å². The molecule has 5 N–H and O–H groups in total. The molecule has 0 bridgehead atoms. The Kier molecular flexibility index (Phi) is 8.42. The molecule has 0 aromatic carbocycles. The number of hydrogen-bond acceptors (Lipinski definition) is 7. The van der Waals surface area contributed by atoms with Crippen LogP contribution in [0, 0.1) is 0 Å². The van der Waals surface area contributed by atoms with Crippen LogP contribution >= 0.6 is 0 Å². The number of carbonyl (C=O) groups excluding carboxylic acids is 1. The highest BCUT2D eigenvalue weighted by Crippen LogP contribution is 2.21. The maximum Gasteiger partial charge on any atom is 0.303 e. The van der Waals surface area contributed by atoms with Crippen molar-refractivity contribution in [1.29, 1.82) is 0 Å². The normalized spacial score (nSPS) is 30.9. The van der Waals surface area contributed by atoms with Gasteiger partial charge in [0, 0.05) is 19.4 Å².